The minimum absolute atomic E-state index is 0.0541. The quantitative estimate of drug-likeness (QED) is 0.745. The third-order valence-corrected chi connectivity index (χ3v) is 5.64. The van der Waals surface area contributed by atoms with Crippen LogP contribution in [-0.2, 0) is 15.8 Å². The van der Waals surface area contributed by atoms with E-state index in [1.807, 2.05) is 0 Å². The monoisotopic (exact) mass is 347 g/mol. The largest absolute Gasteiger partial charge is 0.393 e. The lowest BCUT2D eigenvalue weighted by molar-refractivity contribution is 0.0645. The summed E-state index contributed by atoms with van der Waals surface area (Å²) in [4.78, 5) is 0. The normalized spacial score (nSPS) is 22.2. The molecule has 1 fully saturated rings. The van der Waals surface area contributed by atoms with Crippen molar-refractivity contribution in [3.05, 3.63) is 35.4 Å². The second-order valence-corrected chi connectivity index (χ2v) is 7.95. The molecule has 0 unspecified atom stereocenters. The summed E-state index contributed by atoms with van der Waals surface area (Å²) in [6.45, 7) is 0.258. The Balaban J connectivity index is 1.77. The molecule has 0 aliphatic heterocycles. The lowest BCUT2D eigenvalue weighted by atomic mass is 9.84. The highest BCUT2D eigenvalue weighted by Gasteiger charge is 2.22. The Hall–Kier alpha value is -1.05. The maximum Gasteiger partial charge on any atom is 0.215 e. The maximum atomic E-state index is 13.5. The van der Waals surface area contributed by atoms with Crippen LogP contribution in [0.25, 0.3) is 0 Å². The zero-order chi connectivity index (χ0) is 16.9. The van der Waals surface area contributed by atoms with Crippen LogP contribution in [0.3, 0.4) is 0 Å². The molecule has 0 radical (unpaired) electrons. The van der Waals surface area contributed by atoms with Gasteiger partial charge in [-0.05, 0) is 37.7 Å². The van der Waals surface area contributed by atoms with Gasteiger partial charge < -0.3 is 5.11 Å². The number of aliphatic hydroxyl groups excluding tert-OH is 1. The number of benzene rings is 1. The Morgan fingerprint density at radius 2 is 1.96 bits per heavy atom. The van der Waals surface area contributed by atoms with Crippen LogP contribution >= 0.6 is 0 Å². The molecule has 2 atom stereocenters. The Kier molecular flexibility index (Phi) is 6.50. The first-order chi connectivity index (χ1) is 10.9. The van der Waals surface area contributed by atoms with E-state index in [0.717, 1.165) is 44.2 Å². The molecule has 130 valence electrons. The van der Waals surface area contributed by atoms with E-state index in [-0.39, 0.29) is 24.1 Å². The van der Waals surface area contributed by atoms with Crippen molar-refractivity contribution in [1.29, 1.82) is 0 Å². The fourth-order valence-electron chi connectivity index (χ4n) is 3.01. The summed E-state index contributed by atoms with van der Waals surface area (Å²) < 4.78 is 52.6. The lowest BCUT2D eigenvalue weighted by Crippen LogP contribution is -2.29. The van der Waals surface area contributed by atoms with E-state index in [1.165, 1.54) is 0 Å². The Morgan fingerprint density at radius 1 is 1.22 bits per heavy atom. The van der Waals surface area contributed by atoms with Gasteiger partial charge in [-0.25, -0.2) is 21.9 Å². The van der Waals surface area contributed by atoms with Crippen LogP contribution in [0.2, 0.25) is 0 Å². The SMILES string of the molecule is O=S(=O)(Cc1ccc(F)cc1F)NCCC[C@H]1CCCC[C@H]1O. The van der Waals surface area contributed by atoms with Crippen LogP contribution in [0, 0.1) is 17.6 Å². The zero-order valence-electron chi connectivity index (χ0n) is 13.0. The van der Waals surface area contributed by atoms with Crippen LogP contribution < -0.4 is 4.72 Å². The van der Waals surface area contributed by atoms with Gasteiger partial charge in [-0.15, -0.1) is 0 Å². The Labute approximate surface area is 136 Å². The molecule has 0 heterocycles. The van der Waals surface area contributed by atoms with Gasteiger partial charge in [0, 0.05) is 18.2 Å². The number of hydrogen-bond acceptors (Lipinski definition) is 3. The van der Waals surface area contributed by atoms with Crippen LogP contribution in [0.5, 0.6) is 0 Å². The van der Waals surface area contributed by atoms with Gasteiger partial charge in [0.15, 0.2) is 0 Å². The van der Waals surface area contributed by atoms with Gasteiger partial charge in [0.25, 0.3) is 0 Å². The van der Waals surface area contributed by atoms with Crippen molar-refractivity contribution in [3.63, 3.8) is 0 Å². The van der Waals surface area contributed by atoms with E-state index in [4.69, 9.17) is 0 Å². The predicted octanol–water partition coefficient (Wildman–Crippen LogP) is 2.72. The van der Waals surface area contributed by atoms with Crippen molar-refractivity contribution in [2.45, 2.75) is 50.4 Å². The fraction of sp³-hybridized carbons (Fsp3) is 0.625. The zero-order valence-corrected chi connectivity index (χ0v) is 13.8. The molecule has 1 aliphatic rings. The van der Waals surface area contributed by atoms with E-state index in [0.29, 0.717) is 12.5 Å². The molecule has 2 N–H and O–H groups in total. The molecule has 1 aliphatic carbocycles. The molecule has 7 heteroatoms. The van der Waals surface area contributed by atoms with Gasteiger partial charge in [-0.3, -0.25) is 0 Å². The maximum absolute atomic E-state index is 13.5. The van der Waals surface area contributed by atoms with Gasteiger partial charge in [0.05, 0.1) is 11.9 Å². The molecule has 0 amide bonds. The fourth-order valence-corrected chi connectivity index (χ4v) is 4.21. The number of rotatable bonds is 7. The van der Waals surface area contributed by atoms with Gasteiger partial charge >= 0.3 is 0 Å². The third kappa shape index (κ3) is 5.82. The molecule has 0 spiro atoms. The van der Waals surface area contributed by atoms with Crippen molar-refractivity contribution >= 4 is 10.0 Å². The second kappa shape index (κ2) is 8.17. The van der Waals surface area contributed by atoms with Crippen LogP contribution in [0.4, 0.5) is 8.78 Å². The minimum atomic E-state index is -3.66. The molecular weight excluding hydrogens is 324 g/mol. The first-order valence-corrected chi connectivity index (χ1v) is 9.62. The average molecular weight is 347 g/mol. The number of sulfonamides is 1. The van der Waals surface area contributed by atoms with Crippen molar-refractivity contribution in [3.8, 4) is 0 Å². The summed E-state index contributed by atoms with van der Waals surface area (Å²) in [5, 5.41) is 9.86. The van der Waals surface area contributed by atoms with E-state index >= 15 is 0 Å². The second-order valence-electron chi connectivity index (χ2n) is 6.14. The summed E-state index contributed by atoms with van der Waals surface area (Å²) in [6, 6.07) is 2.86. The molecule has 0 saturated heterocycles. The Bertz CT molecular complexity index is 622. The van der Waals surface area contributed by atoms with Gasteiger partial charge in [-0.2, -0.15) is 0 Å². The highest BCUT2D eigenvalue weighted by atomic mass is 32.2. The lowest BCUT2D eigenvalue weighted by Gasteiger charge is -2.27. The minimum Gasteiger partial charge on any atom is -0.393 e. The molecule has 1 aromatic carbocycles. The number of halogens is 2. The van der Waals surface area contributed by atoms with Gasteiger partial charge in [0.1, 0.15) is 11.6 Å². The molecule has 0 bridgehead atoms. The van der Waals surface area contributed by atoms with E-state index in [2.05, 4.69) is 4.72 Å². The summed E-state index contributed by atoms with van der Waals surface area (Å²) in [7, 11) is -3.66. The molecule has 23 heavy (non-hydrogen) atoms. The number of nitrogens with one attached hydrogen (secondary N) is 1. The van der Waals surface area contributed by atoms with Gasteiger partial charge in [0.2, 0.25) is 10.0 Å². The first-order valence-electron chi connectivity index (χ1n) is 7.97. The standard InChI is InChI=1S/C16H23F2NO3S/c17-14-8-7-13(15(18)10-14)11-23(21,22)19-9-3-5-12-4-1-2-6-16(12)20/h7-8,10,12,16,19-20H,1-6,9,11H2/t12-,16-/m1/s1. The number of aliphatic hydroxyl groups is 1. The van der Waals surface area contributed by atoms with Crippen molar-refractivity contribution in [2.75, 3.05) is 6.54 Å². The molecule has 1 saturated carbocycles. The van der Waals surface area contributed by atoms with Crippen LogP contribution in [0.1, 0.15) is 44.1 Å². The Morgan fingerprint density at radius 3 is 2.65 bits per heavy atom. The molecule has 4 nitrogen and oxygen atoms in total. The molecular formula is C16H23F2NO3S. The van der Waals surface area contributed by atoms with Crippen LogP contribution in [-0.4, -0.2) is 26.2 Å². The number of hydrogen-bond donors (Lipinski definition) is 2. The molecule has 0 aromatic heterocycles. The molecule has 1 aromatic rings. The highest BCUT2D eigenvalue weighted by Crippen LogP contribution is 2.27. The van der Waals surface area contributed by atoms with E-state index < -0.39 is 27.4 Å². The van der Waals surface area contributed by atoms with Crippen molar-refractivity contribution in [2.24, 2.45) is 5.92 Å². The average Bonchev–Trinajstić information content (AvgIpc) is 2.48. The summed E-state index contributed by atoms with van der Waals surface area (Å²) in [5.74, 6) is -1.86. The van der Waals surface area contributed by atoms with Crippen molar-refractivity contribution < 1.29 is 22.3 Å². The predicted molar refractivity (Wildman–Crippen MR) is 84.2 cm³/mol. The van der Waals surface area contributed by atoms with Crippen LogP contribution in [0.15, 0.2) is 18.2 Å². The third-order valence-electron chi connectivity index (χ3n) is 4.30. The summed E-state index contributed by atoms with van der Waals surface area (Å²) in [6.07, 6.45) is 5.08. The highest BCUT2D eigenvalue weighted by molar-refractivity contribution is 7.88. The smallest absolute Gasteiger partial charge is 0.215 e. The first kappa shape index (κ1) is 18.3. The van der Waals surface area contributed by atoms with Gasteiger partial charge in [-0.1, -0.05) is 18.9 Å². The molecule has 2 rings (SSSR count). The summed E-state index contributed by atoms with van der Waals surface area (Å²) in [5.41, 5.74) is -0.0541. The summed E-state index contributed by atoms with van der Waals surface area (Å²) >= 11 is 0. The topological polar surface area (TPSA) is 66.4 Å². The van der Waals surface area contributed by atoms with E-state index in [9.17, 15) is 22.3 Å². The van der Waals surface area contributed by atoms with E-state index in [1.54, 1.807) is 0 Å². The van der Waals surface area contributed by atoms with Crippen molar-refractivity contribution in [1.82, 2.24) is 4.72 Å².